The lowest BCUT2D eigenvalue weighted by Gasteiger charge is -2.06. The molecule has 112 valence electrons. The van der Waals surface area contributed by atoms with Crippen molar-refractivity contribution in [2.45, 2.75) is 17.5 Å². The van der Waals surface area contributed by atoms with Crippen LogP contribution in [0.4, 0.5) is 0 Å². The molecule has 0 fully saturated rings. The zero-order chi connectivity index (χ0) is 15.2. The van der Waals surface area contributed by atoms with Gasteiger partial charge in [-0.3, -0.25) is 4.98 Å². The molecule has 0 aliphatic heterocycles. The van der Waals surface area contributed by atoms with Gasteiger partial charge in [-0.15, -0.1) is 5.10 Å². The molecule has 0 unspecified atom stereocenters. The van der Waals surface area contributed by atoms with Crippen molar-refractivity contribution >= 4 is 11.8 Å². The Morgan fingerprint density at radius 2 is 2.00 bits per heavy atom. The molecule has 0 aliphatic rings. The lowest BCUT2D eigenvalue weighted by atomic mass is 10.2. The average Bonchev–Trinajstić information content (AvgIpc) is 2.98. The number of hydrogen-bond donors (Lipinski definition) is 0. The Hall–Kier alpha value is -2.41. The minimum Gasteiger partial charge on any atom is -0.487 e. The first-order valence-electron chi connectivity index (χ1n) is 6.78. The Morgan fingerprint density at radius 3 is 2.68 bits per heavy atom. The van der Waals surface area contributed by atoms with Crippen LogP contribution in [0.1, 0.15) is 11.3 Å². The van der Waals surface area contributed by atoms with E-state index >= 15 is 0 Å². The number of rotatable bonds is 6. The molecule has 3 rings (SSSR count). The summed E-state index contributed by atoms with van der Waals surface area (Å²) >= 11 is 1.60. The third-order valence-corrected chi connectivity index (χ3v) is 4.07. The van der Waals surface area contributed by atoms with E-state index in [2.05, 4.69) is 20.5 Å². The summed E-state index contributed by atoms with van der Waals surface area (Å²) in [5.74, 6) is 1.65. The first kappa shape index (κ1) is 14.5. The van der Waals surface area contributed by atoms with Crippen LogP contribution in [0.2, 0.25) is 0 Å². The minimum absolute atomic E-state index is 0.472. The quantitative estimate of drug-likeness (QED) is 0.651. The molecule has 0 bridgehead atoms. The van der Waals surface area contributed by atoms with E-state index in [9.17, 15) is 0 Å². The summed E-state index contributed by atoms with van der Waals surface area (Å²) in [5, 5.41) is 12.2. The van der Waals surface area contributed by atoms with Gasteiger partial charge in [-0.25, -0.2) is 4.68 Å². The summed E-state index contributed by atoms with van der Waals surface area (Å²) in [6, 6.07) is 13.8. The zero-order valence-electron chi connectivity index (χ0n) is 12.1. The topological polar surface area (TPSA) is 65.7 Å². The number of nitrogens with zero attached hydrogens (tertiary/aromatic N) is 5. The van der Waals surface area contributed by atoms with E-state index in [-0.39, 0.29) is 0 Å². The molecule has 0 spiro atoms. The fourth-order valence-electron chi connectivity index (χ4n) is 1.81. The highest BCUT2D eigenvalue weighted by Gasteiger charge is 2.04. The van der Waals surface area contributed by atoms with Crippen LogP contribution < -0.4 is 4.74 Å². The second kappa shape index (κ2) is 7.04. The highest BCUT2D eigenvalue weighted by atomic mass is 32.2. The third kappa shape index (κ3) is 3.82. The number of aryl methyl sites for hydroxylation is 1. The van der Waals surface area contributed by atoms with Crippen molar-refractivity contribution in [1.82, 2.24) is 25.2 Å². The molecule has 3 aromatic rings. The Labute approximate surface area is 132 Å². The molecule has 6 nitrogen and oxygen atoms in total. The Balaban J connectivity index is 1.53. The molecular weight excluding hydrogens is 298 g/mol. The first-order valence-corrected chi connectivity index (χ1v) is 7.76. The maximum atomic E-state index is 5.71. The van der Waals surface area contributed by atoms with Crippen LogP contribution in [0.5, 0.6) is 5.75 Å². The lowest BCUT2D eigenvalue weighted by molar-refractivity contribution is 0.301. The molecular formula is C15H15N5OS. The van der Waals surface area contributed by atoms with E-state index in [1.807, 2.05) is 49.5 Å². The van der Waals surface area contributed by atoms with Crippen LogP contribution in [-0.4, -0.2) is 25.2 Å². The predicted octanol–water partition coefficient (Wildman–Crippen LogP) is 2.48. The fourth-order valence-corrected chi connectivity index (χ4v) is 2.62. The van der Waals surface area contributed by atoms with Gasteiger partial charge in [-0.05, 0) is 40.3 Å². The van der Waals surface area contributed by atoms with Crippen molar-refractivity contribution in [2.24, 2.45) is 7.05 Å². The van der Waals surface area contributed by atoms with Gasteiger partial charge in [-0.2, -0.15) is 0 Å². The van der Waals surface area contributed by atoms with Crippen molar-refractivity contribution in [3.63, 3.8) is 0 Å². The van der Waals surface area contributed by atoms with E-state index in [1.165, 1.54) is 5.56 Å². The second-order valence-corrected chi connectivity index (χ2v) is 5.57. The van der Waals surface area contributed by atoms with Crippen LogP contribution in [0, 0.1) is 0 Å². The molecule has 2 aromatic heterocycles. The Kier molecular flexibility index (Phi) is 4.65. The molecule has 0 aliphatic carbocycles. The molecule has 0 radical (unpaired) electrons. The number of aromatic nitrogens is 5. The summed E-state index contributed by atoms with van der Waals surface area (Å²) in [6.45, 7) is 0.472. The van der Waals surface area contributed by atoms with Crippen LogP contribution in [0.25, 0.3) is 0 Å². The van der Waals surface area contributed by atoms with E-state index in [1.54, 1.807) is 22.6 Å². The van der Waals surface area contributed by atoms with Gasteiger partial charge in [0.15, 0.2) is 0 Å². The molecule has 0 saturated carbocycles. The third-order valence-electron chi connectivity index (χ3n) is 2.99. The van der Waals surface area contributed by atoms with Crippen LogP contribution in [0.3, 0.4) is 0 Å². The summed E-state index contributed by atoms with van der Waals surface area (Å²) in [4.78, 5) is 4.23. The zero-order valence-corrected chi connectivity index (χ0v) is 12.9. The van der Waals surface area contributed by atoms with Gasteiger partial charge in [0.25, 0.3) is 0 Å². The van der Waals surface area contributed by atoms with Crippen molar-refractivity contribution in [3.05, 3.63) is 59.9 Å². The Morgan fingerprint density at radius 1 is 1.14 bits per heavy atom. The standard InChI is InChI=1S/C15H15N5OS/c1-20-15(17-18-19-20)22-11-12-5-7-14(8-6-12)21-10-13-4-2-3-9-16-13/h2-9H,10-11H2,1H3. The highest BCUT2D eigenvalue weighted by molar-refractivity contribution is 7.98. The number of tetrazole rings is 1. The van der Waals surface area contributed by atoms with Crippen LogP contribution in [-0.2, 0) is 19.4 Å². The normalized spacial score (nSPS) is 10.6. The summed E-state index contributed by atoms with van der Waals surface area (Å²) in [5.41, 5.74) is 2.11. The molecule has 22 heavy (non-hydrogen) atoms. The maximum absolute atomic E-state index is 5.71. The number of ether oxygens (including phenoxy) is 1. The van der Waals surface area contributed by atoms with E-state index in [0.29, 0.717) is 6.61 Å². The maximum Gasteiger partial charge on any atom is 0.209 e. The minimum atomic E-state index is 0.472. The van der Waals surface area contributed by atoms with Crippen molar-refractivity contribution < 1.29 is 4.74 Å². The SMILES string of the molecule is Cn1nnnc1SCc1ccc(OCc2ccccn2)cc1. The van der Waals surface area contributed by atoms with Gasteiger partial charge < -0.3 is 4.74 Å². The number of benzene rings is 1. The Bertz CT molecular complexity index is 714. The summed E-state index contributed by atoms with van der Waals surface area (Å²) < 4.78 is 7.37. The van der Waals surface area contributed by atoms with Gasteiger partial charge in [0.2, 0.25) is 5.16 Å². The van der Waals surface area contributed by atoms with Gasteiger partial charge in [0.05, 0.1) is 5.69 Å². The number of hydrogen-bond acceptors (Lipinski definition) is 6. The smallest absolute Gasteiger partial charge is 0.209 e. The van der Waals surface area contributed by atoms with Gasteiger partial charge in [-0.1, -0.05) is 30.0 Å². The van der Waals surface area contributed by atoms with Gasteiger partial charge in [0.1, 0.15) is 12.4 Å². The molecule has 0 saturated heterocycles. The van der Waals surface area contributed by atoms with Crippen molar-refractivity contribution in [3.8, 4) is 5.75 Å². The van der Waals surface area contributed by atoms with E-state index in [4.69, 9.17) is 4.74 Å². The molecule has 7 heteroatoms. The number of pyridine rings is 1. The first-order chi connectivity index (χ1) is 10.8. The monoisotopic (exact) mass is 313 g/mol. The van der Waals surface area contributed by atoms with Gasteiger partial charge in [0, 0.05) is 19.0 Å². The van der Waals surface area contributed by atoms with Crippen molar-refractivity contribution in [1.29, 1.82) is 0 Å². The molecule has 1 aromatic carbocycles. The van der Waals surface area contributed by atoms with Crippen LogP contribution in [0.15, 0.2) is 53.8 Å². The predicted molar refractivity (Wildman–Crippen MR) is 83.4 cm³/mol. The second-order valence-electron chi connectivity index (χ2n) is 4.63. The van der Waals surface area contributed by atoms with E-state index < -0.39 is 0 Å². The van der Waals surface area contributed by atoms with E-state index in [0.717, 1.165) is 22.4 Å². The van der Waals surface area contributed by atoms with Crippen molar-refractivity contribution in [2.75, 3.05) is 0 Å². The summed E-state index contributed by atoms with van der Waals surface area (Å²) in [6.07, 6.45) is 1.76. The van der Waals surface area contributed by atoms with Crippen LogP contribution >= 0.6 is 11.8 Å². The highest BCUT2D eigenvalue weighted by Crippen LogP contribution is 2.21. The molecule has 0 N–H and O–H groups in total. The summed E-state index contributed by atoms with van der Waals surface area (Å²) in [7, 11) is 1.83. The molecule has 2 heterocycles. The van der Waals surface area contributed by atoms with Gasteiger partial charge >= 0.3 is 0 Å². The lowest BCUT2D eigenvalue weighted by Crippen LogP contribution is -1.97. The fraction of sp³-hybridized carbons (Fsp3) is 0.200. The molecule has 0 amide bonds. The largest absolute Gasteiger partial charge is 0.487 e. The number of thioether (sulfide) groups is 1. The molecule has 0 atom stereocenters. The average molecular weight is 313 g/mol.